The molecule has 0 saturated carbocycles. The van der Waals surface area contributed by atoms with E-state index < -0.39 is 0 Å². The van der Waals surface area contributed by atoms with Gasteiger partial charge in [0.2, 0.25) is 0 Å². The number of hydrogen-bond donors (Lipinski definition) is 1. The normalized spacial score (nSPS) is 10.9. The summed E-state index contributed by atoms with van der Waals surface area (Å²) in [5, 5.41) is 4.25. The summed E-state index contributed by atoms with van der Waals surface area (Å²) < 4.78 is 1.67. The zero-order valence-corrected chi connectivity index (χ0v) is 13.0. The molecule has 1 heterocycles. The summed E-state index contributed by atoms with van der Waals surface area (Å²) in [4.78, 5) is 14.6. The predicted octanol–water partition coefficient (Wildman–Crippen LogP) is 2.36. The summed E-state index contributed by atoms with van der Waals surface area (Å²) in [5.74, 6) is 0.00688. The molecular weight excluding hydrogens is 264 g/mol. The Hall–Kier alpha value is -2.30. The number of nitrogens with two attached hydrogens (primary N) is 1. The van der Waals surface area contributed by atoms with Crippen molar-refractivity contribution < 1.29 is 4.79 Å². The van der Waals surface area contributed by atoms with Gasteiger partial charge in [0.25, 0.3) is 5.91 Å². The van der Waals surface area contributed by atoms with E-state index in [9.17, 15) is 4.79 Å². The van der Waals surface area contributed by atoms with Crippen molar-refractivity contribution in [1.29, 1.82) is 0 Å². The third kappa shape index (κ3) is 3.42. The Kier molecular flexibility index (Phi) is 4.31. The quantitative estimate of drug-likeness (QED) is 0.878. The molecule has 0 aliphatic rings. The van der Waals surface area contributed by atoms with E-state index in [-0.39, 0.29) is 11.9 Å². The van der Waals surface area contributed by atoms with Crippen molar-refractivity contribution in [2.45, 2.75) is 33.4 Å². The third-order valence-electron chi connectivity index (χ3n) is 3.46. The number of aromatic nitrogens is 2. The second kappa shape index (κ2) is 5.99. The molecule has 0 spiro atoms. The molecule has 0 bridgehead atoms. The first-order valence-electron chi connectivity index (χ1n) is 7.04. The molecule has 112 valence electrons. The molecule has 21 heavy (non-hydrogen) atoms. The van der Waals surface area contributed by atoms with E-state index in [1.165, 1.54) is 0 Å². The SMILES string of the molecule is Cc1nn(C)cc1C(=O)N(Cc1ccc(N)cc1)C(C)C. The smallest absolute Gasteiger partial charge is 0.257 e. The lowest BCUT2D eigenvalue weighted by Crippen LogP contribution is -2.36. The number of amides is 1. The van der Waals surface area contributed by atoms with E-state index in [1.54, 1.807) is 10.9 Å². The van der Waals surface area contributed by atoms with Crippen molar-refractivity contribution in [3.8, 4) is 0 Å². The van der Waals surface area contributed by atoms with Gasteiger partial charge in [0.05, 0.1) is 11.3 Å². The molecule has 0 fully saturated rings. The summed E-state index contributed by atoms with van der Waals surface area (Å²) in [6, 6.07) is 7.72. The summed E-state index contributed by atoms with van der Waals surface area (Å²) in [6.45, 7) is 6.45. The predicted molar refractivity (Wildman–Crippen MR) is 83.8 cm³/mol. The third-order valence-corrected chi connectivity index (χ3v) is 3.46. The van der Waals surface area contributed by atoms with Crippen molar-refractivity contribution in [1.82, 2.24) is 14.7 Å². The van der Waals surface area contributed by atoms with Crippen molar-refractivity contribution >= 4 is 11.6 Å². The van der Waals surface area contributed by atoms with Crippen LogP contribution >= 0.6 is 0 Å². The molecule has 1 aromatic heterocycles. The van der Waals surface area contributed by atoms with Crippen LogP contribution < -0.4 is 5.73 Å². The second-order valence-corrected chi connectivity index (χ2v) is 5.57. The summed E-state index contributed by atoms with van der Waals surface area (Å²) in [5.41, 5.74) is 8.90. The molecule has 0 aliphatic heterocycles. The van der Waals surface area contributed by atoms with E-state index in [2.05, 4.69) is 5.10 Å². The second-order valence-electron chi connectivity index (χ2n) is 5.57. The Labute approximate surface area is 125 Å². The molecular formula is C16H22N4O. The number of carbonyl (C=O) groups is 1. The van der Waals surface area contributed by atoms with Crippen LogP contribution in [0.3, 0.4) is 0 Å². The van der Waals surface area contributed by atoms with Crippen LogP contribution in [0.4, 0.5) is 5.69 Å². The minimum absolute atomic E-state index is 0.00688. The molecule has 0 unspecified atom stereocenters. The number of anilines is 1. The van der Waals surface area contributed by atoms with Gasteiger partial charge < -0.3 is 10.6 Å². The van der Waals surface area contributed by atoms with Gasteiger partial charge >= 0.3 is 0 Å². The minimum Gasteiger partial charge on any atom is -0.399 e. The first kappa shape index (κ1) is 15.1. The van der Waals surface area contributed by atoms with Gasteiger partial charge in [-0.2, -0.15) is 5.10 Å². The monoisotopic (exact) mass is 286 g/mol. The van der Waals surface area contributed by atoms with Crippen LogP contribution in [-0.4, -0.2) is 26.6 Å². The fourth-order valence-electron chi connectivity index (χ4n) is 2.27. The topological polar surface area (TPSA) is 64.2 Å². The number of hydrogen-bond acceptors (Lipinski definition) is 3. The van der Waals surface area contributed by atoms with Gasteiger partial charge in [-0.05, 0) is 38.5 Å². The molecule has 0 atom stereocenters. The van der Waals surface area contributed by atoms with E-state index >= 15 is 0 Å². The van der Waals surface area contributed by atoms with Crippen LogP contribution in [-0.2, 0) is 13.6 Å². The van der Waals surface area contributed by atoms with Gasteiger partial charge in [-0.3, -0.25) is 9.48 Å². The van der Waals surface area contributed by atoms with Crippen molar-refractivity contribution in [3.05, 3.63) is 47.3 Å². The molecule has 5 heteroatoms. The Morgan fingerprint density at radius 1 is 1.33 bits per heavy atom. The maximum absolute atomic E-state index is 12.7. The molecule has 0 saturated heterocycles. The zero-order valence-electron chi connectivity index (χ0n) is 13.0. The first-order valence-corrected chi connectivity index (χ1v) is 7.04. The van der Waals surface area contributed by atoms with Crippen LogP contribution in [0.2, 0.25) is 0 Å². The lowest BCUT2D eigenvalue weighted by Gasteiger charge is -2.26. The van der Waals surface area contributed by atoms with Crippen LogP contribution in [0, 0.1) is 6.92 Å². The number of rotatable bonds is 4. The van der Waals surface area contributed by atoms with Crippen molar-refractivity contribution in [2.75, 3.05) is 5.73 Å². The Bertz CT molecular complexity index is 628. The highest BCUT2D eigenvalue weighted by Gasteiger charge is 2.22. The van der Waals surface area contributed by atoms with Gasteiger partial charge in [-0.15, -0.1) is 0 Å². The van der Waals surface area contributed by atoms with Gasteiger partial charge in [-0.1, -0.05) is 12.1 Å². The van der Waals surface area contributed by atoms with Crippen LogP contribution in [0.1, 0.15) is 35.5 Å². The zero-order chi connectivity index (χ0) is 15.6. The van der Waals surface area contributed by atoms with Gasteiger partial charge in [0.15, 0.2) is 0 Å². The molecule has 2 N–H and O–H groups in total. The van der Waals surface area contributed by atoms with Crippen LogP contribution in [0.25, 0.3) is 0 Å². The fourth-order valence-corrected chi connectivity index (χ4v) is 2.27. The van der Waals surface area contributed by atoms with Crippen LogP contribution in [0.5, 0.6) is 0 Å². The highest BCUT2D eigenvalue weighted by Crippen LogP contribution is 2.16. The molecule has 1 aromatic carbocycles. The van der Waals surface area contributed by atoms with Gasteiger partial charge in [-0.25, -0.2) is 0 Å². The Balaban J connectivity index is 2.24. The number of nitrogens with zero attached hydrogens (tertiary/aromatic N) is 3. The maximum atomic E-state index is 12.7. The average molecular weight is 286 g/mol. The lowest BCUT2D eigenvalue weighted by atomic mass is 10.1. The largest absolute Gasteiger partial charge is 0.399 e. The fraction of sp³-hybridized carbons (Fsp3) is 0.375. The van der Waals surface area contributed by atoms with Gasteiger partial charge in [0, 0.05) is 31.5 Å². The average Bonchev–Trinajstić information content (AvgIpc) is 2.76. The van der Waals surface area contributed by atoms with E-state index in [0.717, 1.165) is 16.9 Å². The molecule has 0 radical (unpaired) electrons. The summed E-state index contributed by atoms with van der Waals surface area (Å²) in [7, 11) is 1.82. The molecule has 5 nitrogen and oxygen atoms in total. The number of benzene rings is 1. The Morgan fingerprint density at radius 3 is 2.43 bits per heavy atom. The van der Waals surface area contributed by atoms with E-state index in [4.69, 9.17) is 5.73 Å². The summed E-state index contributed by atoms with van der Waals surface area (Å²) in [6.07, 6.45) is 1.77. The highest BCUT2D eigenvalue weighted by molar-refractivity contribution is 5.95. The highest BCUT2D eigenvalue weighted by atomic mass is 16.2. The minimum atomic E-state index is 0.00688. The summed E-state index contributed by atoms with van der Waals surface area (Å²) >= 11 is 0. The molecule has 2 rings (SSSR count). The first-order chi connectivity index (χ1) is 9.88. The standard InChI is InChI=1S/C16H22N4O/c1-11(2)20(9-13-5-7-14(17)8-6-13)16(21)15-10-19(4)18-12(15)3/h5-8,10-11H,9,17H2,1-4H3. The lowest BCUT2D eigenvalue weighted by molar-refractivity contribution is 0.0689. The molecule has 2 aromatic rings. The van der Waals surface area contributed by atoms with Crippen molar-refractivity contribution in [2.24, 2.45) is 7.05 Å². The Morgan fingerprint density at radius 2 is 1.95 bits per heavy atom. The van der Waals surface area contributed by atoms with Crippen LogP contribution in [0.15, 0.2) is 30.5 Å². The van der Waals surface area contributed by atoms with E-state index in [1.807, 2.05) is 57.0 Å². The number of aryl methyl sites for hydroxylation is 2. The molecule has 0 aliphatic carbocycles. The van der Waals surface area contributed by atoms with Crippen molar-refractivity contribution in [3.63, 3.8) is 0 Å². The maximum Gasteiger partial charge on any atom is 0.257 e. The number of nitrogen functional groups attached to an aromatic ring is 1. The van der Waals surface area contributed by atoms with Gasteiger partial charge in [0.1, 0.15) is 0 Å². The van der Waals surface area contributed by atoms with E-state index in [0.29, 0.717) is 12.1 Å². The molecule has 1 amide bonds. The number of carbonyl (C=O) groups excluding carboxylic acids is 1.